The standard InChI is InChI=1S/C25H25ClN5O3/c1-15(2)17-7-5-6-8-18(17)25(24(33)30-19-10-28-22(26)9-21(19)34-4)13-31(14-25)23-11-27-20(12-32)16(3)29-23/h5-11,15H,13-14H2,1-4H3,(H,30,33). The quantitative estimate of drug-likeness (QED) is 0.515. The second-order valence-corrected chi connectivity index (χ2v) is 8.99. The molecule has 1 fully saturated rings. The predicted octanol–water partition coefficient (Wildman–Crippen LogP) is 3.82. The summed E-state index contributed by atoms with van der Waals surface area (Å²) in [6.45, 7) is 6.71. The predicted molar refractivity (Wildman–Crippen MR) is 130 cm³/mol. The van der Waals surface area contributed by atoms with Crippen LogP contribution >= 0.6 is 11.6 Å². The van der Waals surface area contributed by atoms with E-state index in [1.807, 2.05) is 23.1 Å². The van der Waals surface area contributed by atoms with E-state index in [1.54, 1.807) is 19.3 Å². The second kappa shape index (κ2) is 9.38. The minimum absolute atomic E-state index is 0.179. The van der Waals surface area contributed by atoms with Crippen molar-refractivity contribution >= 4 is 35.3 Å². The molecule has 1 saturated heterocycles. The van der Waals surface area contributed by atoms with Gasteiger partial charge >= 0.3 is 0 Å². The summed E-state index contributed by atoms with van der Waals surface area (Å²) in [5.41, 5.74) is 2.35. The normalized spacial score (nSPS) is 14.5. The van der Waals surface area contributed by atoms with Crippen molar-refractivity contribution in [2.75, 3.05) is 30.4 Å². The maximum absolute atomic E-state index is 13.8. The zero-order valence-corrected chi connectivity index (χ0v) is 20.2. The lowest BCUT2D eigenvalue weighted by atomic mass is 9.69. The first-order chi connectivity index (χ1) is 16.3. The first-order valence-electron chi connectivity index (χ1n) is 10.9. The molecule has 2 aromatic heterocycles. The van der Waals surface area contributed by atoms with E-state index in [2.05, 4.69) is 40.2 Å². The molecule has 1 radical (unpaired) electrons. The van der Waals surface area contributed by atoms with Crippen LogP contribution < -0.4 is 15.0 Å². The second-order valence-electron chi connectivity index (χ2n) is 8.61. The summed E-state index contributed by atoms with van der Waals surface area (Å²) in [6.07, 6.45) is 4.81. The van der Waals surface area contributed by atoms with Crippen molar-refractivity contribution in [3.05, 3.63) is 70.4 Å². The number of ether oxygens (including phenoxy) is 1. The van der Waals surface area contributed by atoms with Gasteiger partial charge in [-0.25, -0.2) is 15.0 Å². The number of nitrogens with one attached hydrogen (secondary N) is 1. The molecule has 0 aliphatic carbocycles. The van der Waals surface area contributed by atoms with Gasteiger partial charge in [0.15, 0.2) is 0 Å². The van der Waals surface area contributed by atoms with Gasteiger partial charge in [0.25, 0.3) is 6.29 Å². The number of aromatic nitrogens is 3. The van der Waals surface area contributed by atoms with E-state index >= 15 is 0 Å². The maximum Gasteiger partial charge on any atom is 0.255 e. The van der Waals surface area contributed by atoms with Gasteiger partial charge in [-0.3, -0.25) is 9.59 Å². The molecular weight excluding hydrogens is 454 g/mol. The molecule has 1 N–H and O–H groups in total. The van der Waals surface area contributed by atoms with Gasteiger partial charge in [-0.2, -0.15) is 0 Å². The molecular formula is C25H25ClN5O3. The van der Waals surface area contributed by atoms with Crippen LogP contribution in [0.2, 0.25) is 5.15 Å². The molecule has 0 spiro atoms. The molecule has 0 atom stereocenters. The Morgan fingerprint density at radius 3 is 2.62 bits per heavy atom. The van der Waals surface area contributed by atoms with Crippen molar-refractivity contribution in [1.82, 2.24) is 15.0 Å². The fraction of sp³-hybridized carbons (Fsp3) is 0.320. The summed E-state index contributed by atoms with van der Waals surface area (Å²) in [4.78, 5) is 39.5. The lowest BCUT2D eigenvalue weighted by Crippen LogP contribution is -2.65. The Labute approximate surface area is 203 Å². The topological polar surface area (TPSA) is 97.3 Å². The van der Waals surface area contributed by atoms with Gasteiger partial charge in [0.1, 0.15) is 33.5 Å². The Morgan fingerprint density at radius 2 is 1.97 bits per heavy atom. The maximum atomic E-state index is 13.8. The van der Waals surface area contributed by atoms with Crippen LogP contribution in [0.3, 0.4) is 0 Å². The number of halogens is 1. The van der Waals surface area contributed by atoms with Gasteiger partial charge < -0.3 is 15.0 Å². The molecule has 4 rings (SSSR count). The average molecular weight is 479 g/mol. The van der Waals surface area contributed by atoms with E-state index in [9.17, 15) is 9.59 Å². The van der Waals surface area contributed by atoms with Crippen LogP contribution in [0, 0.1) is 6.92 Å². The summed E-state index contributed by atoms with van der Waals surface area (Å²) in [7, 11) is 1.51. The van der Waals surface area contributed by atoms with E-state index in [0.717, 1.165) is 11.1 Å². The highest BCUT2D eigenvalue weighted by Crippen LogP contribution is 2.42. The molecule has 3 heterocycles. The zero-order chi connectivity index (χ0) is 24.5. The first kappa shape index (κ1) is 23.6. The Hall–Kier alpha value is -3.52. The van der Waals surface area contributed by atoms with Crippen LogP contribution in [0.25, 0.3) is 0 Å². The van der Waals surface area contributed by atoms with E-state index in [4.69, 9.17) is 16.3 Å². The fourth-order valence-corrected chi connectivity index (χ4v) is 4.43. The van der Waals surface area contributed by atoms with Gasteiger partial charge in [-0.15, -0.1) is 0 Å². The van der Waals surface area contributed by atoms with Crippen molar-refractivity contribution in [2.45, 2.75) is 32.1 Å². The molecule has 0 bridgehead atoms. The van der Waals surface area contributed by atoms with E-state index < -0.39 is 5.41 Å². The number of anilines is 2. The highest BCUT2D eigenvalue weighted by atomic mass is 35.5. The molecule has 1 aliphatic heterocycles. The highest BCUT2D eigenvalue weighted by Gasteiger charge is 2.52. The number of nitrogens with zero attached hydrogens (tertiary/aromatic N) is 4. The van der Waals surface area contributed by atoms with Crippen LogP contribution in [-0.2, 0) is 15.0 Å². The molecule has 8 nitrogen and oxygen atoms in total. The summed E-state index contributed by atoms with van der Waals surface area (Å²) >= 11 is 5.99. The number of carbonyl (C=O) groups is 1. The van der Waals surface area contributed by atoms with Gasteiger partial charge in [0.05, 0.1) is 25.2 Å². The van der Waals surface area contributed by atoms with Crippen LogP contribution in [0.15, 0.2) is 42.7 Å². The van der Waals surface area contributed by atoms with Crippen LogP contribution in [0.1, 0.15) is 42.3 Å². The van der Waals surface area contributed by atoms with Crippen molar-refractivity contribution in [3.63, 3.8) is 0 Å². The third-order valence-electron chi connectivity index (χ3n) is 6.11. The Bertz CT molecular complexity index is 1240. The zero-order valence-electron chi connectivity index (χ0n) is 19.4. The monoisotopic (exact) mass is 478 g/mol. The van der Waals surface area contributed by atoms with Crippen molar-refractivity contribution in [3.8, 4) is 5.75 Å². The Balaban J connectivity index is 1.72. The number of pyridine rings is 1. The molecule has 0 saturated carbocycles. The van der Waals surface area contributed by atoms with Crippen molar-refractivity contribution in [2.24, 2.45) is 0 Å². The first-order valence-corrected chi connectivity index (χ1v) is 11.2. The van der Waals surface area contributed by atoms with Gasteiger partial charge in [0, 0.05) is 19.2 Å². The Morgan fingerprint density at radius 1 is 1.24 bits per heavy atom. The number of aryl methyl sites for hydroxylation is 1. The third kappa shape index (κ3) is 4.21. The molecule has 3 aromatic rings. The number of hydrogen-bond donors (Lipinski definition) is 1. The number of rotatable bonds is 7. The molecule has 1 amide bonds. The van der Waals surface area contributed by atoms with Gasteiger partial charge in [0.2, 0.25) is 5.91 Å². The van der Waals surface area contributed by atoms with Crippen LogP contribution in [-0.4, -0.2) is 47.3 Å². The lowest BCUT2D eigenvalue weighted by molar-refractivity contribution is -0.122. The summed E-state index contributed by atoms with van der Waals surface area (Å²) in [6, 6.07) is 9.55. The molecule has 1 aromatic carbocycles. The van der Waals surface area contributed by atoms with Gasteiger partial charge in [-0.05, 0) is 24.0 Å². The van der Waals surface area contributed by atoms with E-state index in [-0.39, 0.29) is 22.7 Å². The van der Waals surface area contributed by atoms with Crippen molar-refractivity contribution < 1.29 is 14.3 Å². The number of benzene rings is 1. The van der Waals surface area contributed by atoms with Crippen LogP contribution in [0.5, 0.6) is 5.75 Å². The molecule has 9 heteroatoms. The number of carbonyl (C=O) groups excluding carboxylic acids is 2. The third-order valence-corrected chi connectivity index (χ3v) is 6.32. The van der Waals surface area contributed by atoms with E-state index in [0.29, 0.717) is 36.0 Å². The highest BCUT2D eigenvalue weighted by molar-refractivity contribution is 6.29. The fourth-order valence-electron chi connectivity index (χ4n) is 4.28. The summed E-state index contributed by atoms with van der Waals surface area (Å²) < 4.78 is 5.39. The number of methoxy groups -OCH3 is 1. The number of amides is 1. The lowest BCUT2D eigenvalue weighted by Gasteiger charge is -2.50. The van der Waals surface area contributed by atoms with Crippen molar-refractivity contribution in [1.29, 1.82) is 0 Å². The van der Waals surface area contributed by atoms with Crippen LogP contribution in [0.4, 0.5) is 11.5 Å². The molecule has 1 aliphatic rings. The summed E-state index contributed by atoms with van der Waals surface area (Å²) in [5, 5.41) is 3.27. The molecule has 175 valence electrons. The minimum Gasteiger partial charge on any atom is -0.494 e. The van der Waals surface area contributed by atoms with E-state index in [1.165, 1.54) is 19.5 Å². The largest absolute Gasteiger partial charge is 0.494 e. The SMILES string of the molecule is COc1cc(Cl)ncc1NC(=O)C1(c2ccccc2C(C)C)CN(c2cnc([C]=O)c(C)n2)C1. The summed E-state index contributed by atoms with van der Waals surface area (Å²) in [5.74, 6) is 1.08. The molecule has 0 unspecified atom stereocenters. The smallest absolute Gasteiger partial charge is 0.255 e. The van der Waals surface area contributed by atoms with Gasteiger partial charge in [-0.1, -0.05) is 49.7 Å². The number of hydrogen-bond acceptors (Lipinski definition) is 7. The minimum atomic E-state index is -0.837. The Kier molecular flexibility index (Phi) is 6.52. The molecule has 34 heavy (non-hydrogen) atoms. The average Bonchev–Trinajstić information content (AvgIpc) is 2.80.